The van der Waals surface area contributed by atoms with E-state index in [9.17, 15) is 9.59 Å². The van der Waals surface area contributed by atoms with Crippen LogP contribution in [0, 0.1) is 0 Å². The van der Waals surface area contributed by atoms with Gasteiger partial charge in [0.15, 0.2) is 11.5 Å². The van der Waals surface area contributed by atoms with Crippen molar-refractivity contribution in [2.24, 2.45) is 0 Å². The van der Waals surface area contributed by atoms with Crippen LogP contribution in [0.4, 0.5) is 0 Å². The molecule has 0 heterocycles. The molecule has 2 aromatic rings. The lowest BCUT2D eigenvalue weighted by molar-refractivity contribution is -0.121. The van der Waals surface area contributed by atoms with Gasteiger partial charge in [0.1, 0.15) is 0 Å². The Morgan fingerprint density at radius 3 is 2.31 bits per heavy atom. The van der Waals surface area contributed by atoms with Crippen LogP contribution in [0.2, 0.25) is 0 Å². The van der Waals surface area contributed by atoms with Gasteiger partial charge < -0.3 is 9.47 Å². The van der Waals surface area contributed by atoms with Crippen molar-refractivity contribution >= 4 is 11.8 Å². The number of amides is 2. The molecule has 0 radical (unpaired) electrons. The summed E-state index contributed by atoms with van der Waals surface area (Å²) in [5.41, 5.74) is 7.63. The third-order valence-electron chi connectivity index (χ3n) is 4.57. The lowest BCUT2D eigenvalue weighted by atomic mass is 10.1. The molecule has 6 nitrogen and oxygen atoms in total. The van der Waals surface area contributed by atoms with E-state index in [1.54, 1.807) is 18.2 Å². The van der Waals surface area contributed by atoms with Gasteiger partial charge in [-0.15, -0.1) is 0 Å². The molecule has 2 aromatic carbocycles. The minimum atomic E-state index is -0.413. The highest BCUT2D eigenvalue weighted by Gasteiger charge is 2.12. The molecule has 0 aliphatic carbocycles. The summed E-state index contributed by atoms with van der Waals surface area (Å²) in [6, 6.07) is 13.1. The van der Waals surface area contributed by atoms with Gasteiger partial charge in [0.25, 0.3) is 5.91 Å². The number of methoxy groups -OCH3 is 1. The zero-order valence-corrected chi connectivity index (χ0v) is 17.4. The van der Waals surface area contributed by atoms with E-state index < -0.39 is 5.91 Å². The van der Waals surface area contributed by atoms with Gasteiger partial charge in [-0.05, 0) is 48.6 Å². The summed E-state index contributed by atoms with van der Waals surface area (Å²) in [6.07, 6.45) is 3.87. The molecule has 29 heavy (non-hydrogen) atoms. The molecule has 156 valence electrons. The standard InChI is InChI=1S/C23H30N2O4/c1-4-6-15-29-20-13-12-19(16-21(20)28-3)23(27)25-24-22(26)14-11-18-9-7-17(5-2)8-10-18/h7-10,12-13,16H,4-6,11,14-15H2,1-3H3,(H,24,26)(H,25,27). The number of hydrogen-bond acceptors (Lipinski definition) is 4. The Balaban J connectivity index is 1.83. The van der Waals surface area contributed by atoms with Gasteiger partial charge in [0.05, 0.1) is 13.7 Å². The minimum Gasteiger partial charge on any atom is -0.493 e. The number of benzene rings is 2. The molecule has 0 bridgehead atoms. The number of rotatable bonds is 10. The lowest BCUT2D eigenvalue weighted by Crippen LogP contribution is -2.41. The molecule has 0 aliphatic heterocycles. The topological polar surface area (TPSA) is 76.7 Å². The van der Waals surface area contributed by atoms with Crippen LogP contribution in [0.15, 0.2) is 42.5 Å². The Bertz CT molecular complexity index is 803. The average molecular weight is 399 g/mol. The highest BCUT2D eigenvalue weighted by Crippen LogP contribution is 2.28. The number of nitrogens with one attached hydrogen (secondary N) is 2. The predicted octanol–water partition coefficient (Wildman–Crippen LogP) is 3.83. The summed E-state index contributed by atoms with van der Waals surface area (Å²) in [6.45, 7) is 4.79. The van der Waals surface area contributed by atoms with Crippen molar-refractivity contribution in [2.45, 2.75) is 46.0 Å². The van der Waals surface area contributed by atoms with E-state index in [-0.39, 0.29) is 5.91 Å². The van der Waals surface area contributed by atoms with Crippen LogP contribution in [0.5, 0.6) is 11.5 Å². The Hall–Kier alpha value is -3.02. The fraction of sp³-hybridized carbons (Fsp3) is 0.391. The number of ether oxygens (including phenoxy) is 2. The molecular formula is C23H30N2O4. The van der Waals surface area contributed by atoms with E-state index in [0.717, 1.165) is 24.8 Å². The number of aryl methyl sites for hydroxylation is 2. The van der Waals surface area contributed by atoms with Gasteiger partial charge in [0.2, 0.25) is 5.91 Å². The maximum absolute atomic E-state index is 12.3. The highest BCUT2D eigenvalue weighted by molar-refractivity contribution is 5.96. The molecule has 0 saturated heterocycles. The smallest absolute Gasteiger partial charge is 0.269 e. The van der Waals surface area contributed by atoms with E-state index in [4.69, 9.17) is 9.47 Å². The van der Waals surface area contributed by atoms with Crippen LogP contribution in [0.1, 0.15) is 54.6 Å². The third kappa shape index (κ3) is 7.14. The second kappa shape index (κ2) is 11.7. The first-order valence-corrected chi connectivity index (χ1v) is 10.0. The van der Waals surface area contributed by atoms with Crippen molar-refractivity contribution < 1.29 is 19.1 Å². The third-order valence-corrected chi connectivity index (χ3v) is 4.57. The van der Waals surface area contributed by atoms with Crippen molar-refractivity contribution in [2.75, 3.05) is 13.7 Å². The maximum atomic E-state index is 12.3. The number of hydrogen-bond donors (Lipinski definition) is 2. The van der Waals surface area contributed by atoms with Crippen LogP contribution in [0.3, 0.4) is 0 Å². The molecule has 0 aliphatic rings. The number of carbonyl (C=O) groups excluding carboxylic acids is 2. The first-order chi connectivity index (χ1) is 14.1. The van der Waals surface area contributed by atoms with E-state index in [0.29, 0.717) is 36.5 Å². The Kier molecular flexibility index (Phi) is 9.02. The maximum Gasteiger partial charge on any atom is 0.269 e. The van der Waals surface area contributed by atoms with Gasteiger partial charge in [-0.3, -0.25) is 20.4 Å². The quantitative estimate of drug-likeness (QED) is 0.471. The zero-order chi connectivity index (χ0) is 21.1. The van der Waals surface area contributed by atoms with Crippen molar-refractivity contribution in [1.29, 1.82) is 0 Å². The number of carbonyl (C=O) groups is 2. The number of unbranched alkanes of at least 4 members (excludes halogenated alkanes) is 1. The van der Waals surface area contributed by atoms with Gasteiger partial charge in [-0.25, -0.2) is 0 Å². The number of hydrazine groups is 1. The summed E-state index contributed by atoms with van der Waals surface area (Å²) in [7, 11) is 1.53. The van der Waals surface area contributed by atoms with E-state index in [2.05, 4.69) is 36.8 Å². The molecule has 2 N–H and O–H groups in total. The molecule has 0 fully saturated rings. The van der Waals surface area contributed by atoms with Gasteiger partial charge in [0, 0.05) is 12.0 Å². The summed E-state index contributed by atoms with van der Waals surface area (Å²) in [5.74, 6) is 0.416. The van der Waals surface area contributed by atoms with Crippen molar-refractivity contribution in [3.8, 4) is 11.5 Å². The van der Waals surface area contributed by atoms with E-state index in [1.165, 1.54) is 12.7 Å². The molecule has 0 aromatic heterocycles. The van der Waals surface area contributed by atoms with Gasteiger partial charge in [-0.1, -0.05) is 44.5 Å². The van der Waals surface area contributed by atoms with Crippen molar-refractivity contribution in [3.63, 3.8) is 0 Å². The van der Waals surface area contributed by atoms with Crippen LogP contribution in [-0.4, -0.2) is 25.5 Å². The SMILES string of the molecule is CCCCOc1ccc(C(=O)NNC(=O)CCc2ccc(CC)cc2)cc1OC. The Morgan fingerprint density at radius 2 is 1.66 bits per heavy atom. The molecule has 0 atom stereocenters. The second-order valence-electron chi connectivity index (χ2n) is 6.74. The summed E-state index contributed by atoms with van der Waals surface area (Å²) in [4.78, 5) is 24.3. The van der Waals surface area contributed by atoms with E-state index in [1.807, 2.05) is 12.1 Å². The van der Waals surface area contributed by atoms with Crippen LogP contribution >= 0.6 is 0 Å². The fourth-order valence-electron chi connectivity index (χ4n) is 2.72. The summed E-state index contributed by atoms with van der Waals surface area (Å²) in [5, 5.41) is 0. The average Bonchev–Trinajstić information content (AvgIpc) is 2.76. The van der Waals surface area contributed by atoms with Gasteiger partial charge in [-0.2, -0.15) is 0 Å². The summed E-state index contributed by atoms with van der Waals surface area (Å²) >= 11 is 0. The van der Waals surface area contributed by atoms with Crippen LogP contribution < -0.4 is 20.3 Å². The Morgan fingerprint density at radius 1 is 0.931 bits per heavy atom. The predicted molar refractivity (Wildman–Crippen MR) is 113 cm³/mol. The monoisotopic (exact) mass is 398 g/mol. The molecule has 6 heteroatoms. The zero-order valence-electron chi connectivity index (χ0n) is 17.4. The van der Waals surface area contributed by atoms with Crippen molar-refractivity contribution in [1.82, 2.24) is 10.9 Å². The lowest BCUT2D eigenvalue weighted by Gasteiger charge is -2.12. The fourth-order valence-corrected chi connectivity index (χ4v) is 2.72. The first-order valence-electron chi connectivity index (χ1n) is 10.0. The molecule has 2 rings (SSSR count). The van der Waals surface area contributed by atoms with Crippen molar-refractivity contribution in [3.05, 3.63) is 59.2 Å². The molecule has 2 amide bonds. The second-order valence-corrected chi connectivity index (χ2v) is 6.74. The van der Waals surface area contributed by atoms with Crippen LogP contribution in [-0.2, 0) is 17.6 Å². The minimum absolute atomic E-state index is 0.246. The molecular weight excluding hydrogens is 368 g/mol. The van der Waals surface area contributed by atoms with Gasteiger partial charge >= 0.3 is 0 Å². The van der Waals surface area contributed by atoms with Crippen LogP contribution in [0.25, 0.3) is 0 Å². The highest BCUT2D eigenvalue weighted by atomic mass is 16.5. The largest absolute Gasteiger partial charge is 0.493 e. The summed E-state index contributed by atoms with van der Waals surface area (Å²) < 4.78 is 11.0. The normalized spacial score (nSPS) is 10.3. The Labute approximate surface area is 172 Å². The molecule has 0 unspecified atom stereocenters. The first kappa shape index (κ1) is 22.3. The molecule has 0 saturated carbocycles. The van der Waals surface area contributed by atoms with E-state index >= 15 is 0 Å². The molecule has 0 spiro atoms.